The predicted octanol–water partition coefficient (Wildman–Crippen LogP) is 5.57. The van der Waals surface area contributed by atoms with Gasteiger partial charge >= 0.3 is 5.97 Å². The van der Waals surface area contributed by atoms with E-state index in [1.165, 1.54) is 17.7 Å². The Kier molecular flexibility index (Phi) is 14.7. The normalized spacial score (nSPS) is 11.9. The fourth-order valence-electron chi connectivity index (χ4n) is 4.27. The number of hydrogen-bond donors (Lipinski definition) is 2. The number of amidine groups is 1. The fraction of sp³-hybridized carbons (Fsp3) is 0.412. The average Bonchev–Trinajstić information content (AvgIpc) is 3.06. The van der Waals surface area contributed by atoms with Gasteiger partial charge in [-0.15, -0.1) is 0 Å². The molecule has 0 radical (unpaired) electrons. The van der Waals surface area contributed by atoms with Crippen molar-refractivity contribution in [1.82, 2.24) is 4.98 Å². The van der Waals surface area contributed by atoms with Crippen LogP contribution in [0.25, 0.3) is 0 Å². The number of methoxy groups -OCH3 is 1. The lowest BCUT2D eigenvalue weighted by Gasteiger charge is -2.22. The van der Waals surface area contributed by atoms with Crippen LogP contribution in [0.2, 0.25) is 0 Å². The van der Waals surface area contributed by atoms with Crippen molar-refractivity contribution in [2.24, 2.45) is 10.9 Å². The summed E-state index contributed by atoms with van der Waals surface area (Å²) in [7, 11) is 1.56. The van der Waals surface area contributed by atoms with Crippen molar-refractivity contribution in [3.05, 3.63) is 89.6 Å². The molecule has 1 aromatic heterocycles. The molecule has 2 aromatic carbocycles. The Morgan fingerprint density at radius 1 is 1.02 bits per heavy atom. The fourth-order valence-corrected chi connectivity index (χ4v) is 4.27. The van der Waals surface area contributed by atoms with Crippen LogP contribution < -0.4 is 16.0 Å². The number of pyridine rings is 1. The molecule has 3 rings (SSSR count). The maximum atomic E-state index is 13.6. The first-order valence-corrected chi connectivity index (χ1v) is 15.2. The van der Waals surface area contributed by atoms with Gasteiger partial charge in [0.25, 0.3) is 5.91 Å². The van der Waals surface area contributed by atoms with E-state index in [1.54, 1.807) is 37.6 Å². The predicted molar refractivity (Wildman–Crippen MR) is 174 cm³/mol. The van der Waals surface area contributed by atoms with Crippen molar-refractivity contribution >= 4 is 29.2 Å². The Hall–Kier alpha value is -4.44. The Morgan fingerprint density at radius 2 is 1.84 bits per heavy atom. The van der Waals surface area contributed by atoms with Gasteiger partial charge in [0.15, 0.2) is 5.84 Å². The van der Waals surface area contributed by atoms with Crippen LogP contribution in [0.1, 0.15) is 67.4 Å². The molecule has 1 atom stereocenters. The van der Waals surface area contributed by atoms with Crippen LogP contribution in [-0.2, 0) is 25.5 Å². The van der Waals surface area contributed by atoms with E-state index in [9.17, 15) is 9.59 Å². The van der Waals surface area contributed by atoms with Gasteiger partial charge in [-0.05, 0) is 80.3 Å². The summed E-state index contributed by atoms with van der Waals surface area (Å²) in [4.78, 5) is 37.1. The standard InChI is InChI=1S/C34H45N5O5/c1-4-5-6-9-23-44-38-33(35)28-14-16-30(17-15-28)36-21-18-27-11-10-12-29(24-27)34(41)39(31-13-7-8-20-37-31)22-19-32(40)43-25-26(2)42-3/h7-8,10-17,20,24,26,36H,4-6,9,18-19,21-23,25H2,1-3H3,(H2,35,38)/t26-/m0/s1. The van der Waals surface area contributed by atoms with Crippen LogP contribution in [0.15, 0.2) is 78.1 Å². The largest absolute Gasteiger partial charge is 0.463 e. The molecule has 3 N–H and O–H groups in total. The molecule has 0 bridgehead atoms. The smallest absolute Gasteiger partial charge is 0.307 e. The van der Waals surface area contributed by atoms with Crippen molar-refractivity contribution in [2.45, 2.75) is 58.5 Å². The maximum Gasteiger partial charge on any atom is 0.307 e. The second-order valence-corrected chi connectivity index (χ2v) is 10.4. The minimum atomic E-state index is -0.406. The van der Waals surface area contributed by atoms with Crippen LogP contribution in [0.4, 0.5) is 11.5 Å². The number of benzene rings is 2. The van der Waals surface area contributed by atoms with Crippen molar-refractivity contribution in [3.8, 4) is 0 Å². The summed E-state index contributed by atoms with van der Waals surface area (Å²) in [5.41, 5.74) is 9.32. The molecule has 0 saturated heterocycles. The Labute approximate surface area is 260 Å². The van der Waals surface area contributed by atoms with Crippen LogP contribution >= 0.6 is 0 Å². The van der Waals surface area contributed by atoms with E-state index in [0.29, 0.717) is 36.8 Å². The molecule has 236 valence electrons. The van der Waals surface area contributed by atoms with E-state index in [1.807, 2.05) is 49.4 Å². The molecule has 0 unspecified atom stereocenters. The molecule has 3 aromatic rings. The maximum absolute atomic E-state index is 13.6. The van der Waals surface area contributed by atoms with E-state index >= 15 is 0 Å². The third-order valence-corrected chi connectivity index (χ3v) is 6.94. The molecule has 0 fully saturated rings. The number of nitrogens with zero attached hydrogens (tertiary/aromatic N) is 3. The van der Waals surface area contributed by atoms with Gasteiger partial charge in [-0.3, -0.25) is 14.5 Å². The molecule has 44 heavy (non-hydrogen) atoms. The number of oxime groups is 1. The molecular weight excluding hydrogens is 558 g/mol. The summed E-state index contributed by atoms with van der Waals surface area (Å²) in [6, 6.07) is 20.5. The first-order chi connectivity index (χ1) is 21.4. The van der Waals surface area contributed by atoms with Crippen molar-refractivity contribution in [3.63, 3.8) is 0 Å². The number of amides is 1. The zero-order valence-corrected chi connectivity index (χ0v) is 26.0. The van der Waals surface area contributed by atoms with Gasteiger partial charge in [0.2, 0.25) is 0 Å². The van der Waals surface area contributed by atoms with Gasteiger partial charge in [-0.1, -0.05) is 43.1 Å². The average molecular weight is 604 g/mol. The SMILES string of the molecule is CCCCCCON=C(N)c1ccc(NCCc2cccc(C(=O)N(CCC(=O)OC[C@H](C)OC)c3ccccn3)c2)cc1. The third-order valence-electron chi connectivity index (χ3n) is 6.94. The summed E-state index contributed by atoms with van der Waals surface area (Å²) < 4.78 is 10.4. The molecule has 0 spiro atoms. The van der Waals surface area contributed by atoms with Crippen LogP contribution in [0, 0.1) is 0 Å². The summed E-state index contributed by atoms with van der Waals surface area (Å²) in [5, 5.41) is 7.43. The number of aromatic nitrogens is 1. The van der Waals surface area contributed by atoms with E-state index < -0.39 is 5.97 Å². The summed E-state index contributed by atoms with van der Waals surface area (Å²) >= 11 is 0. The Bertz CT molecular complexity index is 1320. The Morgan fingerprint density at radius 3 is 2.57 bits per heavy atom. The van der Waals surface area contributed by atoms with Crippen molar-refractivity contribution < 1.29 is 23.9 Å². The van der Waals surface area contributed by atoms with E-state index in [-0.39, 0.29) is 31.6 Å². The number of nitrogens with one attached hydrogen (secondary N) is 1. The van der Waals surface area contributed by atoms with Crippen LogP contribution in [0.5, 0.6) is 0 Å². The Balaban J connectivity index is 1.55. The monoisotopic (exact) mass is 603 g/mol. The van der Waals surface area contributed by atoms with Crippen molar-refractivity contribution in [1.29, 1.82) is 0 Å². The highest BCUT2D eigenvalue weighted by Gasteiger charge is 2.21. The summed E-state index contributed by atoms with van der Waals surface area (Å²) in [5.74, 6) is 0.175. The highest BCUT2D eigenvalue weighted by Crippen LogP contribution is 2.17. The van der Waals surface area contributed by atoms with Gasteiger partial charge in [-0.25, -0.2) is 4.98 Å². The molecule has 0 saturated carbocycles. The number of unbranched alkanes of at least 4 members (excludes halogenated alkanes) is 3. The molecule has 10 nitrogen and oxygen atoms in total. The molecule has 1 amide bonds. The molecule has 1 heterocycles. The highest BCUT2D eigenvalue weighted by atomic mass is 16.6. The first kappa shape index (κ1) is 34.1. The topological polar surface area (TPSA) is 128 Å². The summed E-state index contributed by atoms with van der Waals surface area (Å²) in [6.45, 7) is 5.51. The lowest BCUT2D eigenvalue weighted by molar-refractivity contribution is -0.146. The lowest BCUT2D eigenvalue weighted by atomic mass is 10.1. The number of nitrogens with two attached hydrogens (primary N) is 1. The second-order valence-electron chi connectivity index (χ2n) is 10.4. The number of rotatable bonds is 19. The number of anilines is 2. The number of hydrogen-bond acceptors (Lipinski definition) is 8. The van der Waals surface area contributed by atoms with Crippen molar-refractivity contribution in [2.75, 3.05) is 43.6 Å². The van der Waals surface area contributed by atoms with E-state index in [4.69, 9.17) is 20.0 Å². The van der Waals surface area contributed by atoms with Gasteiger partial charge in [-0.2, -0.15) is 0 Å². The molecule has 10 heteroatoms. The molecule has 0 aliphatic rings. The van der Waals surface area contributed by atoms with Gasteiger partial charge in [0.1, 0.15) is 19.0 Å². The minimum absolute atomic E-state index is 0.0325. The van der Waals surface area contributed by atoms with Gasteiger partial charge in [0.05, 0.1) is 12.5 Å². The lowest BCUT2D eigenvalue weighted by Crippen LogP contribution is -2.34. The highest BCUT2D eigenvalue weighted by molar-refractivity contribution is 6.06. The van der Waals surface area contributed by atoms with Gasteiger partial charge in [0, 0.05) is 43.2 Å². The first-order valence-electron chi connectivity index (χ1n) is 15.2. The molecular formula is C34H45N5O5. The quantitative estimate of drug-likeness (QED) is 0.0599. The number of esters is 1. The minimum Gasteiger partial charge on any atom is -0.463 e. The molecule has 0 aliphatic heterocycles. The van der Waals surface area contributed by atoms with Crippen LogP contribution in [-0.4, -0.2) is 62.2 Å². The van der Waals surface area contributed by atoms with E-state index in [0.717, 1.165) is 29.7 Å². The third kappa shape index (κ3) is 11.7. The summed E-state index contributed by atoms with van der Waals surface area (Å²) in [6.07, 6.45) is 6.62. The zero-order chi connectivity index (χ0) is 31.6. The van der Waals surface area contributed by atoms with Gasteiger partial charge < -0.3 is 25.4 Å². The molecule has 0 aliphatic carbocycles. The zero-order valence-electron chi connectivity index (χ0n) is 26.0. The van der Waals surface area contributed by atoms with Crippen LogP contribution in [0.3, 0.4) is 0 Å². The number of carbonyl (C=O) groups excluding carboxylic acids is 2. The second kappa shape index (κ2) is 19.0. The van der Waals surface area contributed by atoms with E-state index in [2.05, 4.69) is 22.4 Å². The number of ether oxygens (including phenoxy) is 2. The number of carbonyl (C=O) groups is 2.